The van der Waals surface area contributed by atoms with E-state index >= 15 is 0 Å². The van der Waals surface area contributed by atoms with Crippen molar-refractivity contribution < 1.29 is 9.53 Å². The van der Waals surface area contributed by atoms with Gasteiger partial charge in [-0.05, 0) is 43.2 Å². The first-order valence-corrected chi connectivity index (χ1v) is 8.49. The molecular weight excluding hydrogens is 290 g/mol. The molecule has 0 unspecified atom stereocenters. The van der Waals surface area contributed by atoms with Crippen LogP contribution in [0.1, 0.15) is 31.0 Å². The quantitative estimate of drug-likeness (QED) is 0.919. The van der Waals surface area contributed by atoms with Gasteiger partial charge in [-0.25, -0.2) is 0 Å². The number of nitrogens with zero attached hydrogens (tertiary/aromatic N) is 2. The van der Waals surface area contributed by atoms with Crippen molar-refractivity contribution in [1.29, 1.82) is 0 Å². The number of ether oxygens (including phenoxy) is 1. The highest BCUT2D eigenvalue weighted by atomic mass is 16.5. The molecule has 1 amide bonds. The number of likely N-dealkylation sites (tertiary alicyclic amines) is 1. The minimum atomic E-state index is 0.0363. The molecule has 4 atom stereocenters. The molecule has 2 heterocycles. The Morgan fingerprint density at radius 1 is 1.35 bits per heavy atom. The normalized spacial score (nSPS) is 30.9. The lowest BCUT2D eigenvalue weighted by Gasteiger charge is -2.37. The van der Waals surface area contributed by atoms with E-state index in [0.717, 1.165) is 38.2 Å². The van der Waals surface area contributed by atoms with E-state index in [-0.39, 0.29) is 18.1 Å². The van der Waals surface area contributed by atoms with Gasteiger partial charge in [-0.15, -0.1) is 0 Å². The Kier molecular flexibility index (Phi) is 4.97. The second-order valence-electron chi connectivity index (χ2n) is 7.09. The first-order chi connectivity index (χ1) is 11.0. The lowest BCUT2D eigenvalue weighted by Crippen LogP contribution is -2.49. The molecule has 1 aliphatic heterocycles. The van der Waals surface area contributed by atoms with Gasteiger partial charge in [-0.1, -0.05) is 6.07 Å². The average molecular weight is 317 g/mol. The van der Waals surface area contributed by atoms with E-state index in [0.29, 0.717) is 11.8 Å². The number of amides is 1. The van der Waals surface area contributed by atoms with Crippen LogP contribution in [0.15, 0.2) is 18.3 Å². The Hall–Kier alpha value is -1.46. The van der Waals surface area contributed by atoms with Crippen LogP contribution in [-0.4, -0.2) is 48.1 Å². The summed E-state index contributed by atoms with van der Waals surface area (Å²) in [6.45, 7) is 6.76. The van der Waals surface area contributed by atoms with Crippen molar-refractivity contribution in [3.8, 4) is 0 Å². The highest BCUT2D eigenvalue weighted by Gasteiger charge is 2.42. The van der Waals surface area contributed by atoms with Crippen LogP contribution in [0.2, 0.25) is 0 Å². The summed E-state index contributed by atoms with van der Waals surface area (Å²) in [7, 11) is 1.75. The number of hydrogen-bond acceptors (Lipinski definition) is 4. The lowest BCUT2D eigenvalue weighted by atomic mass is 9.77. The molecule has 1 saturated heterocycles. The molecule has 0 spiro atoms. The predicted molar refractivity (Wildman–Crippen MR) is 88.9 cm³/mol. The van der Waals surface area contributed by atoms with Crippen LogP contribution in [-0.2, 0) is 16.1 Å². The molecule has 1 aliphatic carbocycles. The highest BCUT2D eigenvalue weighted by molar-refractivity contribution is 5.73. The maximum atomic E-state index is 11.4. The summed E-state index contributed by atoms with van der Waals surface area (Å²) < 4.78 is 5.63. The molecule has 126 valence electrons. The molecule has 1 saturated carbocycles. The minimum Gasteiger partial charge on any atom is -0.379 e. The van der Waals surface area contributed by atoms with E-state index in [2.05, 4.69) is 34.3 Å². The number of methoxy groups -OCH3 is 1. The standard InChI is InChI=1S/C18H27N3O2/c1-12-4-5-16(19-8-12)11-21-9-14-6-17(20-13(2)22)18(23-3)7-15(14)10-21/h4-5,8,14-15,17-18H,6-7,9-11H2,1-3H3,(H,20,22)/t14-,15+,17-,18-/m1/s1. The molecule has 1 aromatic rings. The van der Waals surface area contributed by atoms with Crippen LogP contribution in [0.25, 0.3) is 0 Å². The largest absolute Gasteiger partial charge is 0.379 e. The van der Waals surface area contributed by atoms with Crippen molar-refractivity contribution in [1.82, 2.24) is 15.2 Å². The third-order valence-electron chi connectivity index (χ3n) is 5.24. The number of fused-ring (bicyclic) bond motifs is 1. The first-order valence-electron chi connectivity index (χ1n) is 8.49. The fourth-order valence-corrected chi connectivity index (χ4v) is 4.13. The second kappa shape index (κ2) is 6.97. The Morgan fingerprint density at radius 3 is 2.70 bits per heavy atom. The van der Waals surface area contributed by atoms with Gasteiger partial charge in [0, 0.05) is 39.9 Å². The van der Waals surface area contributed by atoms with Gasteiger partial charge in [0.2, 0.25) is 5.91 Å². The van der Waals surface area contributed by atoms with Crippen molar-refractivity contribution >= 4 is 5.91 Å². The molecule has 23 heavy (non-hydrogen) atoms. The second-order valence-corrected chi connectivity index (χ2v) is 7.09. The summed E-state index contributed by atoms with van der Waals surface area (Å²) in [4.78, 5) is 18.4. The smallest absolute Gasteiger partial charge is 0.217 e. The lowest BCUT2D eigenvalue weighted by molar-refractivity contribution is -0.121. The number of pyridine rings is 1. The first kappa shape index (κ1) is 16.4. The Balaban J connectivity index is 1.61. The fraction of sp³-hybridized carbons (Fsp3) is 0.667. The molecule has 5 heteroatoms. The Labute approximate surface area is 138 Å². The van der Waals surface area contributed by atoms with E-state index < -0.39 is 0 Å². The summed E-state index contributed by atoms with van der Waals surface area (Å²) in [5.41, 5.74) is 2.33. The number of aryl methyl sites for hydroxylation is 1. The van der Waals surface area contributed by atoms with E-state index in [1.54, 1.807) is 14.0 Å². The number of carbonyl (C=O) groups is 1. The molecule has 0 aromatic carbocycles. The zero-order chi connectivity index (χ0) is 16.4. The third kappa shape index (κ3) is 3.90. The van der Waals surface area contributed by atoms with Gasteiger partial charge in [-0.2, -0.15) is 0 Å². The van der Waals surface area contributed by atoms with Crippen molar-refractivity contribution in [2.45, 2.75) is 45.4 Å². The number of hydrogen-bond donors (Lipinski definition) is 1. The molecule has 2 fully saturated rings. The van der Waals surface area contributed by atoms with Crippen LogP contribution >= 0.6 is 0 Å². The topological polar surface area (TPSA) is 54.5 Å². The molecular formula is C18H27N3O2. The minimum absolute atomic E-state index is 0.0363. The molecule has 0 bridgehead atoms. The summed E-state index contributed by atoms with van der Waals surface area (Å²) in [6.07, 6.45) is 4.12. The van der Waals surface area contributed by atoms with Crippen LogP contribution < -0.4 is 5.32 Å². The van der Waals surface area contributed by atoms with E-state index in [1.807, 2.05) is 6.20 Å². The van der Waals surface area contributed by atoms with Gasteiger partial charge < -0.3 is 10.1 Å². The average Bonchev–Trinajstić information content (AvgIpc) is 2.89. The van der Waals surface area contributed by atoms with E-state index in [9.17, 15) is 4.79 Å². The van der Waals surface area contributed by atoms with E-state index in [1.165, 1.54) is 5.56 Å². The van der Waals surface area contributed by atoms with Crippen LogP contribution in [0.4, 0.5) is 0 Å². The van der Waals surface area contributed by atoms with Crippen molar-refractivity contribution in [2.24, 2.45) is 11.8 Å². The monoisotopic (exact) mass is 317 g/mol. The zero-order valence-corrected chi connectivity index (χ0v) is 14.3. The molecule has 2 aliphatic rings. The number of nitrogens with one attached hydrogen (secondary N) is 1. The third-order valence-corrected chi connectivity index (χ3v) is 5.24. The SMILES string of the molecule is CO[C@@H]1C[C@H]2CN(Cc3ccc(C)cn3)C[C@H]2C[C@H]1NC(C)=O. The van der Waals surface area contributed by atoms with Gasteiger partial charge in [0.25, 0.3) is 0 Å². The predicted octanol–water partition coefficient (Wildman–Crippen LogP) is 1.75. The van der Waals surface area contributed by atoms with Crippen molar-refractivity contribution in [3.63, 3.8) is 0 Å². The molecule has 5 nitrogen and oxygen atoms in total. The Morgan fingerprint density at radius 2 is 2.09 bits per heavy atom. The van der Waals surface area contributed by atoms with Crippen molar-refractivity contribution in [3.05, 3.63) is 29.6 Å². The molecule has 1 aromatic heterocycles. The van der Waals surface area contributed by atoms with Gasteiger partial charge in [0.1, 0.15) is 0 Å². The number of carbonyl (C=O) groups excluding carboxylic acids is 1. The van der Waals surface area contributed by atoms with Gasteiger partial charge in [0.05, 0.1) is 17.8 Å². The number of aromatic nitrogens is 1. The maximum absolute atomic E-state index is 11.4. The van der Waals surface area contributed by atoms with Crippen LogP contribution in [0, 0.1) is 18.8 Å². The van der Waals surface area contributed by atoms with Crippen LogP contribution in [0.5, 0.6) is 0 Å². The van der Waals surface area contributed by atoms with Gasteiger partial charge in [0.15, 0.2) is 0 Å². The summed E-state index contributed by atoms with van der Waals surface area (Å²) in [5, 5.41) is 3.07. The van der Waals surface area contributed by atoms with Crippen molar-refractivity contribution in [2.75, 3.05) is 20.2 Å². The summed E-state index contributed by atoms with van der Waals surface area (Å²) in [5.74, 6) is 1.34. The van der Waals surface area contributed by atoms with E-state index in [4.69, 9.17) is 4.74 Å². The maximum Gasteiger partial charge on any atom is 0.217 e. The van der Waals surface area contributed by atoms with Gasteiger partial charge >= 0.3 is 0 Å². The fourth-order valence-electron chi connectivity index (χ4n) is 4.13. The Bertz CT molecular complexity index is 546. The van der Waals surface area contributed by atoms with Crippen LogP contribution in [0.3, 0.4) is 0 Å². The highest BCUT2D eigenvalue weighted by Crippen LogP contribution is 2.37. The number of rotatable bonds is 4. The zero-order valence-electron chi connectivity index (χ0n) is 14.3. The molecule has 3 rings (SSSR count). The van der Waals surface area contributed by atoms with Gasteiger partial charge in [-0.3, -0.25) is 14.7 Å². The molecule has 0 radical (unpaired) electrons. The molecule has 1 N–H and O–H groups in total. The summed E-state index contributed by atoms with van der Waals surface area (Å²) >= 11 is 0. The summed E-state index contributed by atoms with van der Waals surface area (Å²) in [6, 6.07) is 4.39.